The van der Waals surface area contributed by atoms with Crippen LogP contribution in [0.5, 0.6) is 5.75 Å². The third-order valence-corrected chi connectivity index (χ3v) is 2.86. The van der Waals surface area contributed by atoms with E-state index < -0.39 is 0 Å². The summed E-state index contributed by atoms with van der Waals surface area (Å²) in [5.41, 5.74) is 8.60. The molecule has 0 unspecified atom stereocenters. The van der Waals surface area contributed by atoms with Gasteiger partial charge in [0.1, 0.15) is 18.2 Å². The van der Waals surface area contributed by atoms with Gasteiger partial charge >= 0.3 is 0 Å². The molecular formula is C14H15ClN2O. The summed E-state index contributed by atoms with van der Waals surface area (Å²) in [6.07, 6.45) is 0. The number of nitrogen functional groups attached to an aromatic ring is 1. The van der Waals surface area contributed by atoms with E-state index in [9.17, 15) is 0 Å². The number of hydrogen-bond acceptors (Lipinski definition) is 3. The first-order valence-corrected chi connectivity index (χ1v) is 6.04. The Morgan fingerprint density at radius 3 is 2.50 bits per heavy atom. The molecule has 0 fully saturated rings. The number of benzene rings is 1. The minimum atomic E-state index is 0.312. The number of aryl methyl sites for hydroxylation is 2. The van der Waals surface area contributed by atoms with E-state index >= 15 is 0 Å². The summed E-state index contributed by atoms with van der Waals surface area (Å²) in [6, 6.07) is 9.45. The molecule has 0 saturated heterocycles. The molecule has 0 radical (unpaired) electrons. The number of pyridine rings is 1. The number of aromatic nitrogens is 1. The lowest BCUT2D eigenvalue weighted by molar-refractivity contribution is 0.301. The summed E-state index contributed by atoms with van der Waals surface area (Å²) in [5, 5.41) is 0.563. The molecule has 0 saturated carbocycles. The monoisotopic (exact) mass is 262 g/mol. The fraction of sp³-hybridized carbons (Fsp3) is 0.214. The van der Waals surface area contributed by atoms with E-state index in [1.807, 2.05) is 26.0 Å². The first-order chi connectivity index (χ1) is 8.54. The topological polar surface area (TPSA) is 48.1 Å². The van der Waals surface area contributed by atoms with Crippen molar-refractivity contribution in [3.05, 3.63) is 52.2 Å². The molecule has 1 heterocycles. The van der Waals surface area contributed by atoms with Crippen molar-refractivity contribution < 1.29 is 4.74 Å². The Hall–Kier alpha value is -1.74. The van der Waals surface area contributed by atoms with Crippen molar-refractivity contribution in [2.75, 3.05) is 5.73 Å². The zero-order chi connectivity index (χ0) is 13.1. The van der Waals surface area contributed by atoms with Gasteiger partial charge in [0.25, 0.3) is 0 Å². The lowest BCUT2D eigenvalue weighted by atomic mass is 10.1. The Kier molecular flexibility index (Phi) is 3.72. The minimum Gasteiger partial charge on any atom is -0.487 e. The molecule has 0 aliphatic heterocycles. The highest BCUT2D eigenvalue weighted by molar-refractivity contribution is 6.31. The maximum Gasteiger partial charge on any atom is 0.132 e. The lowest BCUT2D eigenvalue weighted by Crippen LogP contribution is -2.02. The second-order valence-electron chi connectivity index (χ2n) is 4.28. The van der Waals surface area contributed by atoms with E-state index in [0.29, 0.717) is 23.1 Å². The summed E-state index contributed by atoms with van der Waals surface area (Å²) in [6.45, 7) is 4.38. The Morgan fingerprint density at radius 2 is 1.83 bits per heavy atom. The predicted molar refractivity (Wildman–Crippen MR) is 73.9 cm³/mol. The molecule has 0 aliphatic carbocycles. The Bertz CT molecular complexity index is 549. The maximum atomic E-state index is 6.03. The van der Waals surface area contributed by atoms with Crippen LogP contribution in [-0.4, -0.2) is 4.98 Å². The average molecular weight is 263 g/mol. The van der Waals surface area contributed by atoms with E-state index in [1.165, 1.54) is 0 Å². The molecule has 0 aliphatic rings. The Labute approximate surface area is 112 Å². The molecule has 0 amide bonds. The molecule has 1 aromatic heterocycles. The van der Waals surface area contributed by atoms with Crippen molar-refractivity contribution in [1.29, 1.82) is 0 Å². The third kappa shape index (κ3) is 3.14. The summed E-state index contributed by atoms with van der Waals surface area (Å²) >= 11 is 6.03. The van der Waals surface area contributed by atoms with Crippen LogP contribution in [0, 0.1) is 13.8 Å². The van der Waals surface area contributed by atoms with E-state index in [0.717, 1.165) is 16.9 Å². The quantitative estimate of drug-likeness (QED) is 0.921. The summed E-state index contributed by atoms with van der Waals surface area (Å²) < 4.78 is 5.69. The SMILES string of the molecule is Cc1cc(C)cc(OCc2nc(N)ccc2Cl)c1. The van der Waals surface area contributed by atoms with Gasteiger partial charge < -0.3 is 10.5 Å². The predicted octanol–water partition coefficient (Wildman–Crippen LogP) is 3.51. The number of rotatable bonds is 3. The van der Waals surface area contributed by atoms with Gasteiger partial charge in [0.05, 0.1) is 10.7 Å². The van der Waals surface area contributed by atoms with Crippen molar-refractivity contribution in [1.82, 2.24) is 4.98 Å². The van der Waals surface area contributed by atoms with E-state index in [-0.39, 0.29) is 0 Å². The molecule has 2 rings (SSSR count). The van der Waals surface area contributed by atoms with Crippen molar-refractivity contribution >= 4 is 17.4 Å². The van der Waals surface area contributed by atoms with Gasteiger partial charge in [-0.2, -0.15) is 0 Å². The maximum absolute atomic E-state index is 6.03. The van der Waals surface area contributed by atoms with E-state index in [1.54, 1.807) is 12.1 Å². The van der Waals surface area contributed by atoms with Crippen LogP contribution in [-0.2, 0) is 6.61 Å². The first-order valence-electron chi connectivity index (χ1n) is 5.66. The first kappa shape index (κ1) is 12.7. The highest BCUT2D eigenvalue weighted by atomic mass is 35.5. The molecule has 94 valence electrons. The molecule has 3 nitrogen and oxygen atoms in total. The van der Waals surface area contributed by atoms with E-state index in [4.69, 9.17) is 22.1 Å². The molecule has 0 atom stereocenters. The third-order valence-electron chi connectivity index (χ3n) is 2.51. The highest BCUT2D eigenvalue weighted by Crippen LogP contribution is 2.20. The standard InChI is InChI=1S/C14H15ClN2O/c1-9-5-10(2)7-11(6-9)18-8-13-12(15)3-4-14(16)17-13/h3-7H,8H2,1-2H3,(H2,16,17). The van der Waals surface area contributed by atoms with Gasteiger partial charge in [-0.15, -0.1) is 0 Å². The lowest BCUT2D eigenvalue weighted by Gasteiger charge is -2.09. The minimum absolute atomic E-state index is 0.312. The molecule has 0 bridgehead atoms. The highest BCUT2D eigenvalue weighted by Gasteiger charge is 2.04. The van der Waals surface area contributed by atoms with Crippen LogP contribution >= 0.6 is 11.6 Å². The van der Waals surface area contributed by atoms with Crippen molar-refractivity contribution in [3.63, 3.8) is 0 Å². The smallest absolute Gasteiger partial charge is 0.132 e. The van der Waals surface area contributed by atoms with Crippen LogP contribution in [0.3, 0.4) is 0 Å². The molecule has 18 heavy (non-hydrogen) atoms. The van der Waals surface area contributed by atoms with Gasteiger partial charge in [0.15, 0.2) is 0 Å². The number of ether oxygens (including phenoxy) is 1. The fourth-order valence-electron chi connectivity index (χ4n) is 1.77. The summed E-state index contributed by atoms with van der Waals surface area (Å²) in [5.74, 6) is 1.26. The zero-order valence-electron chi connectivity index (χ0n) is 10.4. The van der Waals surface area contributed by atoms with Crippen LogP contribution in [0.1, 0.15) is 16.8 Å². The molecule has 2 aromatic rings. The van der Waals surface area contributed by atoms with Gasteiger partial charge in [-0.25, -0.2) is 4.98 Å². The Morgan fingerprint density at radius 1 is 1.17 bits per heavy atom. The van der Waals surface area contributed by atoms with Gasteiger partial charge in [0.2, 0.25) is 0 Å². The van der Waals surface area contributed by atoms with Gasteiger partial charge in [-0.1, -0.05) is 17.7 Å². The average Bonchev–Trinajstić information content (AvgIpc) is 2.29. The summed E-state index contributed by atoms with van der Waals surface area (Å²) in [7, 11) is 0. The van der Waals surface area contributed by atoms with Gasteiger partial charge in [0, 0.05) is 0 Å². The van der Waals surface area contributed by atoms with Crippen molar-refractivity contribution in [3.8, 4) is 5.75 Å². The molecule has 1 aromatic carbocycles. The van der Waals surface area contributed by atoms with Crippen LogP contribution < -0.4 is 10.5 Å². The second kappa shape index (κ2) is 5.27. The number of hydrogen-bond donors (Lipinski definition) is 1. The van der Waals surface area contributed by atoms with Crippen LogP contribution in [0.4, 0.5) is 5.82 Å². The van der Waals surface area contributed by atoms with Crippen LogP contribution in [0.15, 0.2) is 30.3 Å². The number of nitrogens with two attached hydrogens (primary N) is 1. The number of halogens is 1. The van der Waals surface area contributed by atoms with Crippen LogP contribution in [0.2, 0.25) is 5.02 Å². The van der Waals surface area contributed by atoms with E-state index in [2.05, 4.69) is 11.1 Å². The number of anilines is 1. The number of nitrogens with zero attached hydrogens (tertiary/aromatic N) is 1. The van der Waals surface area contributed by atoms with Gasteiger partial charge in [-0.3, -0.25) is 0 Å². The van der Waals surface area contributed by atoms with Crippen LogP contribution in [0.25, 0.3) is 0 Å². The fourth-order valence-corrected chi connectivity index (χ4v) is 1.93. The largest absolute Gasteiger partial charge is 0.487 e. The molecule has 0 spiro atoms. The van der Waals surface area contributed by atoms with Crippen molar-refractivity contribution in [2.45, 2.75) is 20.5 Å². The Balaban J connectivity index is 2.13. The summed E-state index contributed by atoms with van der Waals surface area (Å²) in [4.78, 5) is 4.15. The molecular weight excluding hydrogens is 248 g/mol. The normalized spacial score (nSPS) is 10.4. The van der Waals surface area contributed by atoms with Crippen molar-refractivity contribution in [2.24, 2.45) is 0 Å². The molecule has 4 heteroatoms. The molecule has 2 N–H and O–H groups in total. The second-order valence-corrected chi connectivity index (χ2v) is 4.68. The van der Waals surface area contributed by atoms with Gasteiger partial charge in [-0.05, 0) is 49.2 Å². The zero-order valence-corrected chi connectivity index (χ0v) is 11.2.